The highest BCUT2D eigenvalue weighted by atomic mass is 35.5. The second-order valence-electron chi connectivity index (χ2n) is 8.40. The normalized spacial score (nSPS) is 13.2. The van der Waals surface area contributed by atoms with Gasteiger partial charge in [-0.2, -0.15) is 8.78 Å². The molecule has 0 radical (unpaired) electrons. The molecular weight excluding hydrogens is 492 g/mol. The quantitative estimate of drug-likeness (QED) is 0.302. The van der Waals surface area contributed by atoms with Crippen molar-refractivity contribution in [2.24, 2.45) is 0 Å². The van der Waals surface area contributed by atoms with Gasteiger partial charge in [0.1, 0.15) is 11.5 Å². The Morgan fingerprint density at radius 1 is 0.613 bits per heavy atom. The van der Waals surface area contributed by atoms with Gasteiger partial charge in [-0.3, -0.25) is 0 Å². The minimum atomic E-state index is -2.78. The molecule has 0 saturated carbocycles. The third-order valence-electron chi connectivity index (χ3n) is 4.66. The Kier molecular flexibility index (Phi) is 8.37. The zero-order valence-electron chi connectivity index (χ0n) is 17.5. The number of halogens is 6. The molecule has 0 aromatic heterocycles. The Labute approximate surface area is 201 Å². The SMILES string of the molecule is CC(C)(COCC(C)(C)c1ccc(OC(F)(Cl)Cl)cc1)c1ccc(OC(F)(Cl)Cl)cc1. The molecule has 0 atom stereocenters. The van der Waals surface area contributed by atoms with E-state index in [2.05, 4.69) is 0 Å². The van der Waals surface area contributed by atoms with Crippen LogP contribution in [0.1, 0.15) is 38.8 Å². The van der Waals surface area contributed by atoms with E-state index in [1.54, 1.807) is 48.5 Å². The lowest BCUT2D eigenvalue weighted by molar-refractivity contribution is 0.0632. The average molecular weight is 516 g/mol. The second-order valence-corrected chi connectivity index (χ2v) is 10.7. The van der Waals surface area contributed by atoms with Crippen LogP contribution < -0.4 is 9.47 Å². The predicted molar refractivity (Wildman–Crippen MR) is 122 cm³/mol. The van der Waals surface area contributed by atoms with Gasteiger partial charge in [-0.1, -0.05) is 52.0 Å². The van der Waals surface area contributed by atoms with Gasteiger partial charge in [-0.25, -0.2) is 0 Å². The summed E-state index contributed by atoms with van der Waals surface area (Å²) in [5.74, 6) is 0.435. The molecule has 0 spiro atoms. The Balaban J connectivity index is 1.95. The summed E-state index contributed by atoms with van der Waals surface area (Å²) in [6.07, 6.45) is 0. The summed E-state index contributed by atoms with van der Waals surface area (Å²) in [6, 6.07) is 13.6. The van der Waals surface area contributed by atoms with Gasteiger partial charge in [0.2, 0.25) is 0 Å². The van der Waals surface area contributed by atoms with E-state index in [1.165, 1.54) is 0 Å². The molecule has 0 amide bonds. The summed E-state index contributed by atoms with van der Waals surface area (Å²) in [5.41, 5.74) is 1.33. The third kappa shape index (κ3) is 8.82. The number of alkyl halides is 6. The van der Waals surface area contributed by atoms with Gasteiger partial charge in [0.15, 0.2) is 0 Å². The van der Waals surface area contributed by atoms with Crippen LogP contribution in [0.3, 0.4) is 0 Å². The first-order chi connectivity index (χ1) is 14.1. The van der Waals surface area contributed by atoms with Crippen LogP contribution in [0.25, 0.3) is 0 Å². The predicted octanol–water partition coefficient (Wildman–Crippen LogP) is 7.83. The number of hydrogen-bond acceptors (Lipinski definition) is 3. The number of benzene rings is 2. The van der Waals surface area contributed by atoms with Gasteiger partial charge in [-0.05, 0) is 81.8 Å². The third-order valence-corrected chi connectivity index (χ3v) is 4.97. The lowest BCUT2D eigenvalue weighted by Gasteiger charge is -2.30. The Hall–Kier alpha value is -0.980. The van der Waals surface area contributed by atoms with E-state index in [9.17, 15) is 8.78 Å². The zero-order valence-corrected chi connectivity index (χ0v) is 20.5. The highest BCUT2D eigenvalue weighted by Crippen LogP contribution is 2.32. The molecule has 0 saturated heterocycles. The number of hydrogen-bond donors (Lipinski definition) is 0. The van der Waals surface area contributed by atoms with Crippen LogP contribution in [0.15, 0.2) is 48.5 Å². The minimum absolute atomic E-state index is 0.217. The molecule has 172 valence electrons. The first kappa shape index (κ1) is 26.3. The van der Waals surface area contributed by atoms with Crippen molar-refractivity contribution in [1.29, 1.82) is 0 Å². The maximum absolute atomic E-state index is 13.2. The van der Waals surface area contributed by atoms with Crippen molar-refractivity contribution in [3.05, 3.63) is 59.7 Å². The summed E-state index contributed by atoms with van der Waals surface area (Å²) in [4.78, 5) is 0. The van der Waals surface area contributed by atoms with Crippen molar-refractivity contribution in [3.8, 4) is 11.5 Å². The van der Waals surface area contributed by atoms with Crippen LogP contribution >= 0.6 is 46.4 Å². The molecule has 9 heteroatoms. The van der Waals surface area contributed by atoms with Crippen molar-refractivity contribution in [1.82, 2.24) is 0 Å². The van der Waals surface area contributed by atoms with E-state index >= 15 is 0 Å². The second kappa shape index (κ2) is 9.88. The topological polar surface area (TPSA) is 27.7 Å². The minimum Gasteiger partial charge on any atom is -0.433 e. The number of ether oxygens (including phenoxy) is 3. The van der Waals surface area contributed by atoms with Gasteiger partial charge in [0.05, 0.1) is 13.2 Å². The standard InChI is InChI=1S/C22H24Cl4F2O3/c1-19(2,15-5-9-17(10-6-15)30-21(23,24)27)13-29-14-20(3,4)16-7-11-18(12-8-16)31-22(25,26)28/h5-12H,13-14H2,1-4H3. The van der Waals surface area contributed by atoms with Crippen LogP contribution in [0.4, 0.5) is 8.78 Å². The van der Waals surface area contributed by atoms with Crippen molar-refractivity contribution in [2.45, 2.75) is 48.1 Å². The van der Waals surface area contributed by atoms with Crippen molar-refractivity contribution in [3.63, 3.8) is 0 Å². The van der Waals surface area contributed by atoms with Gasteiger partial charge < -0.3 is 14.2 Å². The molecule has 0 N–H and O–H groups in total. The lowest BCUT2D eigenvalue weighted by atomic mass is 9.84. The maximum Gasteiger partial charge on any atom is 0.410 e. The summed E-state index contributed by atoms with van der Waals surface area (Å²) in [7, 11) is 0. The van der Waals surface area contributed by atoms with Crippen molar-refractivity contribution in [2.75, 3.05) is 13.2 Å². The monoisotopic (exact) mass is 514 g/mol. The van der Waals surface area contributed by atoms with E-state index in [-0.39, 0.29) is 22.3 Å². The van der Waals surface area contributed by atoms with Crippen LogP contribution in [-0.2, 0) is 15.6 Å². The molecular formula is C22H24Cl4F2O3. The Morgan fingerprint density at radius 2 is 0.903 bits per heavy atom. The van der Waals surface area contributed by atoms with Crippen LogP contribution in [-0.4, -0.2) is 22.8 Å². The van der Waals surface area contributed by atoms with Gasteiger partial charge in [-0.15, -0.1) is 0 Å². The van der Waals surface area contributed by atoms with E-state index in [0.717, 1.165) is 11.1 Å². The van der Waals surface area contributed by atoms with Crippen LogP contribution in [0.5, 0.6) is 11.5 Å². The zero-order chi connectivity index (χ0) is 23.5. The molecule has 0 aliphatic rings. The van der Waals surface area contributed by atoms with E-state index < -0.39 is 9.55 Å². The summed E-state index contributed by atoms with van der Waals surface area (Å²) in [6.45, 7) is 9.02. The van der Waals surface area contributed by atoms with Crippen molar-refractivity contribution < 1.29 is 23.0 Å². The number of rotatable bonds is 10. The first-order valence-corrected chi connectivity index (χ1v) is 10.9. The molecule has 2 rings (SSSR count). The van der Waals surface area contributed by atoms with Gasteiger partial charge in [0.25, 0.3) is 0 Å². The molecule has 3 nitrogen and oxygen atoms in total. The van der Waals surface area contributed by atoms with Crippen LogP contribution in [0.2, 0.25) is 0 Å². The molecule has 2 aromatic carbocycles. The maximum atomic E-state index is 13.2. The Morgan fingerprint density at radius 3 is 1.16 bits per heavy atom. The summed E-state index contributed by atoms with van der Waals surface area (Å²) < 4.78 is 36.4. The van der Waals surface area contributed by atoms with E-state index in [0.29, 0.717) is 13.2 Å². The molecule has 31 heavy (non-hydrogen) atoms. The smallest absolute Gasteiger partial charge is 0.410 e. The van der Waals surface area contributed by atoms with E-state index in [4.69, 9.17) is 60.6 Å². The van der Waals surface area contributed by atoms with E-state index in [1.807, 2.05) is 27.7 Å². The summed E-state index contributed by atoms with van der Waals surface area (Å²) >= 11 is 20.9. The molecule has 0 unspecified atom stereocenters. The fourth-order valence-electron chi connectivity index (χ4n) is 2.94. The Bertz CT molecular complexity index is 772. The fraction of sp³-hybridized carbons (Fsp3) is 0.455. The summed E-state index contributed by atoms with van der Waals surface area (Å²) in [5, 5.41) is 0. The van der Waals surface area contributed by atoms with Crippen LogP contribution in [0, 0.1) is 0 Å². The first-order valence-electron chi connectivity index (χ1n) is 9.38. The molecule has 0 bridgehead atoms. The largest absolute Gasteiger partial charge is 0.433 e. The fourth-order valence-corrected chi connectivity index (χ4v) is 3.30. The lowest BCUT2D eigenvalue weighted by Crippen LogP contribution is -2.30. The average Bonchev–Trinajstić information content (AvgIpc) is 2.59. The highest BCUT2D eigenvalue weighted by Gasteiger charge is 2.28. The molecule has 0 heterocycles. The van der Waals surface area contributed by atoms with Gasteiger partial charge in [0, 0.05) is 10.8 Å². The molecule has 2 aromatic rings. The van der Waals surface area contributed by atoms with Crippen molar-refractivity contribution >= 4 is 46.4 Å². The molecule has 0 aliphatic heterocycles. The highest BCUT2D eigenvalue weighted by molar-refractivity contribution is 6.46. The molecule has 0 aliphatic carbocycles. The molecule has 0 fully saturated rings. The van der Waals surface area contributed by atoms with Gasteiger partial charge >= 0.3 is 9.55 Å².